The van der Waals surface area contributed by atoms with Crippen LogP contribution in [0.3, 0.4) is 0 Å². The van der Waals surface area contributed by atoms with E-state index in [4.69, 9.17) is 0 Å². The van der Waals surface area contributed by atoms with Gasteiger partial charge >= 0.3 is 0 Å². The highest BCUT2D eigenvalue weighted by atomic mass is 127. The third kappa shape index (κ3) is 4.06. The summed E-state index contributed by atoms with van der Waals surface area (Å²) in [5.74, 6) is 0. The Morgan fingerprint density at radius 2 is 1.12 bits per heavy atom. The van der Waals surface area contributed by atoms with Crippen molar-refractivity contribution in [3.8, 4) is 0 Å². The van der Waals surface area contributed by atoms with Gasteiger partial charge in [0.05, 0.1) is 14.1 Å². The van der Waals surface area contributed by atoms with Crippen molar-refractivity contribution in [2.75, 3.05) is 50.3 Å². The van der Waals surface area contributed by atoms with Crippen LogP contribution in [0.25, 0.3) is 0 Å². The average Bonchev–Trinajstić information content (AvgIpc) is 3.07. The summed E-state index contributed by atoms with van der Waals surface area (Å²) in [6.07, 6.45) is 1.20. The number of rotatable bonds is 4. The Balaban J connectivity index is 0.00000113. The van der Waals surface area contributed by atoms with Crippen molar-refractivity contribution in [2.45, 2.75) is 6.42 Å². The molecule has 0 fully saturated rings. The number of hydrogen-bond donors (Lipinski definition) is 2. The SMILES string of the molecule is C[NH+]1CN(CCCN2C[NH+](C)c3ccccc32)c2ccccc21.[I-].[I-]. The smallest absolute Gasteiger partial charge is 0.157 e. The van der Waals surface area contributed by atoms with E-state index in [9.17, 15) is 0 Å². The number of nitrogens with one attached hydrogen (secondary N) is 2. The predicted octanol–water partition coefficient (Wildman–Crippen LogP) is -5.37. The molecule has 4 rings (SSSR count). The molecular weight excluding hydrogens is 538 g/mol. The van der Waals surface area contributed by atoms with Crippen molar-refractivity contribution >= 4 is 22.7 Å². The van der Waals surface area contributed by atoms with Gasteiger partial charge < -0.3 is 57.8 Å². The molecular formula is C19H26I2N4. The van der Waals surface area contributed by atoms with E-state index < -0.39 is 0 Å². The normalized spacial score (nSPS) is 20.6. The van der Waals surface area contributed by atoms with Gasteiger partial charge in [0.2, 0.25) is 0 Å². The maximum atomic E-state index is 2.53. The predicted molar refractivity (Wildman–Crippen MR) is 95.0 cm³/mol. The highest BCUT2D eigenvalue weighted by Gasteiger charge is 2.29. The van der Waals surface area contributed by atoms with Crippen molar-refractivity contribution < 1.29 is 57.8 Å². The van der Waals surface area contributed by atoms with E-state index in [1.807, 2.05) is 0 Å². The first-order valence-electron chi connectivity index (χ1n) is 8.57. The van der Waals surface area contributed by atoms with E-state index in [2.05, 4.69) is 72.4 Å². The summed E-state index contributed by atoms with van der Waals surface area (Å²) in [7, 11) is 4.52. The summed E-state index contributed by atoms with van der Waals surface area (Å²) in [5, 5.41) is 0. The van der Waals surface area contributed by atoms with Gasteiger partial charge in [-0.2, -0.15) is 0 Å². The Kier molecular flexibility index (Phi) is 7.36. The molecule has 136 valence electrons. The first kappa shape index (κ1) is 20.7. The zero-order valence-corrected chi connectivity index (χ0v) is 19.1. The van der Waals surface area contributed by atoms with Gasteiger partial charge in [0.15, 0.2) is 24.7 Å². The second-order valence-electron chi connectivity index (χ2n) is 6.79. The third-order valence-electron chi connectivity index (χ3n) is 5.12. The van der Waals surface area contributed by atoms with Crippen molar-refractivity contribution in [1.29, 1.82) is 0 Å². The van der Waals surface area contributed by atoms with E-state index in [1.54, 1.807) is 0 Å². The van der Waals surface area contributed by atoms with Crippen LogP contribution in [0.1, 0.15) is 6.42 Å². The van der Waals surface area contributed by atoms with Crippen molar-refractivity contribution in [3.05, 3.63) is 48.5 Å². The lowest BCUT2D eigenvalue weighted by molar-refractivity contribution is -0.802. The third-order valence-corrected chi connectivity index (χ3v) is 5.12. The summed E-state index contributed by atoms with van der Waals surface area (Å²) < 4.78 is 0. The van der Waals surface area contributed by atoms with Gasteiger partial charge in [-0.05, 0) is 18.6 Å². The largest absolute Gasteiger partial charge is 1.00 e. The fraction of sp³-hybridized carbons (Fsp3) is 0.368. The standard InChI is InChI=1S/C19H24N4.2HI/c1-20-14-22(18-10-5-3-8-16(18)20)12-7-13-23-15-21(2)17-9-4-6-11-19(17)23;;/h3-6,8-11H,7,12-15H2,1-2H3;2*1H. The maximum absolute atomic E-state index is 2.53. The lowest BCUT2D eigenvalue weighted by Crippen LogP contribution is -3.03. The molecule has 2 aromatic rings. The second kappa shape index (κ2) is 8.88. The number of nitrogens with zero attached hydrogens (tertiary/aromatic N) is 2. The fourth-order valence-electron chi connectivity index (χ4n) is 3.99. The number of halogens is 2. The van der Waals surface area contributed by atoms with Crippen LogP contribution in [0.15, 0.2) is 48.5 Å². The molecule has 4 nitrogen and oxygen atoms in total. The molecule has 25 heavy (non-hydrogen) atoms. The molecule has 0 amide bonds. The minimum Gasteiger partial charge on any atom is -1.00 e. The summed E-state index contributed by atoms with van der Waals surface area (Å²) in [5.41, 5.74) is 5.69. The minimum absolute atomic E-state index is 0. The molecule has 0 bridgehead atoms. The molecule has 0 saturated carbocycles. The molecule has 2 aliphatic rings. The number of benzene rings is 2. The van der Waals surface area contributed by atoms with Gasteiger partial charge in [0.25, 0.3) is 0 Å². The number of para-hydroxylation sites is 4. The molecule has 2 atom stereocenters. The quantitative estimate of drug-likeness (QED) is 0.361. The first-order valence-corrected chi connectivity index (χ1v) is 8.57. The average molecular weight is 564 g/mol. The van der Waals surface area contributed by atoms with Crippen LogP contribution < -0.4 is 67.6 Å². The molecule has 2 unspecified atom stereocenters. The van der Waals surface area contributed by atoms with Crippen molar-refractivity contribution in [2.24, 2.45) is 0 Å². The molecule has 0 spiro atoms. The van der Waals surface area contributed by atoms with Gasteiger partial charge in [-0.25, -0.2) is 0 Å². The Labute approximate surface area is 184 Å². The Morgan fingerprint density at radius 3 is 1.56 bits per heavy atom. The molecule has 0 aliphatic carbocycles. The van der Waals surface area contributed by atoms with Crippen LogP contribution in [-0.2, 0) is 0 Å². The summed E-state index contributed by atoms with van der Waals surface area (Å²) in [4.78, 5) is 8.06. The van der Waals surface area contributed by atoms with E-state index in [0.717, 1.165) is 26.4 Å². The summed E-state index contributed by atoms with van der Waals surface area (Å²) >= 11 is 0. The molecule has 2 heterocycles. The highest BCUT2D eigenvalue weighted by Crippen LogP contribution is 2.27. The summed E-state index contributed by atoms with van der Waals surface area (Å²) in [6.45, 7) is 4.43. The molecule has 0 saturated heterocycles. The monoisotopic (exact) mass is 564 g/mol. The molecule has 2 N–H and O–H groups in total. The lowest BCUT2D eigenvalue weighted by atomic mass is 10.2. The first-order chi connectivity index (χ1) is 11.2. The Morgan fingerprint density at radius 1 is 0.720 bits per heavy atom. The van der Waals surface area contributed by atoms with E-state index in [0.29, 0.717) is 0 Å². The van der Waals surface area contributed by atoms with Gasteiger partial charge in [-0.15, -0.1) is 0 Å². The number of fused-ring (bicyclic) bond motifs is 2. The van der Waals surface area contributed by atoms with E-state index >= 15 is 0 Å². The minimum atomic E-state index is 0. The van der Waals surface area contributed by atoms with Crippen LogP contribution in [0.2, 0.25) is 0 Å². The Bertz CT molecular complexity index is 650. The van der Waals surface area contributed by atoms with E-state index in [-0.39, 0.29) is 48.0 Å². The molecule has 0 aromatic heterocycles. The van der Waals surface area contributed by atoms with Gasteiger partial charge in [-0.3, -0.25) is 9.80 Å². The second-order valence-corrected chi connectivity index (χ2v) is 6.79. The number of hydrogen-bond acceptors (Lipinski definition) is 2. The van der Waals surface area contributed by atoms with Crippen molar-refractivity contribution in [1.82, 2.24) is 0 Å². The van der Waals surface area contributed by atoms with Gasteiger partial charge in [0.1, 0.15) is 11.4 Å². The molecule has 2 aliphatic heterocycles. The van der Waals surface area contributed by atoms with Crippen molar-refractivity contribution in [3.63, 3.8) is 0 Å². The zero-order valence-electron chi connectivity index (χ0n) is 14.8. The molecule has 0 radical (unpaired) electrons. The van der Waals surface area contributed by atoms with Gasteiger partial charge in [0, 0.05) is 25.2 Å². The lowest BCUT2D eigenvalue weighted by Gasteiger charge is -2.20. The molecule has 6 heteroatoms. The number of quaternary nitrogens is 2. The summed E-state index contributed by atoms with van der Waals surface area (Å²) in [6, 6.07) is 17.6. The van der Waals surface area contributed by atoms with Gasteiger partial charge in [-0.1, -0.05) is 24.3 Å². The highest BCUT2D eigenvalue weighted by molar-refractivity contribution is 5.66. The maximum Gasteiger partial charge on any atom is 0.157 e. The number of anilines is 2. The van der Waals surface area contributed by atoms with Crippen LogP contribution in [-0.4, -0.2) is 40.5 Å². The van der Waals surface area contributed by atoms with Crippen LogP contribution in [0, 0.1) is 0 Å². The van der Waals surface area contributed by atoms with Crippen LogP contribution in [0.4, 0.5) is 22.7 Å². The zero-order chi connectivity index (χ0) is 15.8. The Hall–Kier alpha value is -0.580. The fourth-order valence-corrected chi connectivity index (χ4v) is 3.99. The van der Waals surface area contributed by atoms with Crippen LogP contribution in [0.5, 0.6) is 0 Å². The van der Waals surface area contributed by atoms with E-state index in [1.165, 1.54) is 39.0 Å². The molecule has 2 aromatic carbocycles. The topological polar surface area (TPSA) is 15.4 Å². The van der Waals surface area contributed by atoms with Crippen LogP contribution >= 0.6 is 0 Å².